The molecule has 0 radical (unpaired) electrons. The second-order valence-corrected chi connectivity index (χ2v) is 7.97. The van der Waals surface area contributed by atoms with Gasteiger partial charge in [-0.2, -0.15) is 0 Å². The lowest BCUT2D eigenvalue weighted by molar-refractivity contribution is -0.142. The molecule has 0 saturated carbocycles. The molecule has 0 aromatic heterocycles. The van der Waals surface area contributed by atoms with Crippen LogP contribution < -0.4 is 18.9 Å². The van der Waals surface area contributed by atoms with Gasteiger partial charge in [-0.15, -0.1) is 0 Å². The van der Waals surface area contributed by atoms with E-state index in [1.165, 1.54) is 32.4 Å². The first kappa shape index (κ1) is 22.8. The van der Waals surface area contributed by atoms with E-state index in [0.717, 1.165) is 5.56 Å². The third-order valence-electron chi connectivity index (χ3n) is 3.94. The van der Waals surface area contributed by atoms with Crippen molar-refractivity contribution in [1.29, 1.82) is 0 Å². The number of hydrogen-bond donors (Lipinski definition) is 1. The van der Waals surface area contributed by atoms with Crippen molar-refractivity contribution in [1.82, 2.24) is 4.72 Å². The number of benzene rings is 2. The van der Waals surface area contributed by atoms with E-state index in [9.17, 15) is 13.2 Å². The number of hydrogen-bond acceptors (Lipinski definition) is 7. The lowest BCUT2D eigenvalue weighted by Crippen LogP contribution is -2.26. The molecular formula is C19H22ClNO7S. The Bertz CT molecular complexity index is 963. The normalized spacial score (nSPS) is 11.0. The molecule has 0 unspecified atom stereocenters. The molecule has 29 heavy (non-hydrogen) atoms. The van der Waals surface area contributed by atoms with Gasteiger partial charge < -0.3 is 18.9 Å². The number of esters is 1. The number of carbonyl (C=O) groups is 1. The molecule has 0 spiro atoms. The maximum atomic E-state index is 12.5. The van der Waals surface area contributed by atoms with E-state index in [-0.39, 0.29) is 28.8 Å². The van der Waals surface area contributed by atoms with Crippen LogP contribution in [0.2, 0.25) is 5.02 Å². The molecule has 2 aromatic rings. The van der Waals surface area contributed by atoms with Gasteiger partial charge in [0, 0.05) is 6.54 Å². The van der Waals surface area contributed by atoms with Crippen LogP contribution in [0, 0.1) is 0 Å². The summed E-state index contributed by atoms with van der Waals surface area (Å²) in [7, 11) is 0.540. The van der Waals surface area contributed by atoms with Gasteiger partial charge in [-0.05, 0) is 42.3 Å². The molecule has 0 fully saturated rings. The van der Waals surface area contributed by atoms with Crippen molar-refractivity contribution >= 4 is 27.6 Å². The van der Waals surface area contributed by atoms with Crippen LogP contribution in [-0.4, -0.2) is 48.9 Å². The van der Waals surface area contributed by atoms with Gasteiger partial charge in [-0.25, -0.2) is 17.9 Å². The standard InChI is InChI=1S/C19H22ClNO7S/c1-25-17-6-4-13(10-18(17)26-2)8-9-21-29(23,24)14-5-7-16(15(20)11-14)28-12-19(22)27-3/h4-7,10-11,21H,8-9,12H2,1-3H3. The molecule has 2 rings (SSSR count). The molecule has 0 aliphatic rings. The van der Waals surface area contributed by atoms with E-state index < -0.39 is 16.0 Å². The quantitative estimate of drug-likeness (QED) is 0.563. The summed E-state index contributed by atoms with van der Waals surface area (Å²) in [5.41, 5.74) is 0.884. The highest BCUT2D eigenvalue weighted by Crippen LogP contribution is 2.28. The number of nitrogens with one attached hydrogen (secondary N) is 1. The average molecular weight is 444 g/mol. The van der Waals surface area contributed by atoms with Gasteiger partial charge in [0.15, 0.2) is 18.1 Å². The third-order valence-corrected chi connectivity index (χ3v) is 5.69. The summed E-state index contributed by atoms with van der Waals surface area (Å²) >= 11 is 6.06. The van der Waals surface area contributed by atoms with Crippen molar-refractivity contribution in [2.75, 3.05) is 34.5 Å². The molecule has 0 aliphatic carbocycles. The molecule has 0 aliphatic heterocycles. The summed E-state index contributed by atoms with van der Waals surface area (Å²) in [4.78, 5) is 11.1. The summed E-state index contributed by atoms with van der Waals surface area (Å²) in [5, 5.41) is 0.0664. The highest BCUT2D eigenvalue weighted by Gasteiger charge is 2.16. The number of rotatable bonds is 10. The molecule has 2 aromatic carbocycles. The van der Waals surface area contributed by atoms with Gasteiger partial charge in [0.2, 0.25) is 10.0 Å². The highest BCUT2D eigenvalue weighted by atomic mass is 35.5. The summed E-state index contributed by atoms with van der Waals surface area (Å²) in [6.45, 7) is -0.151. The van der Waals surface area contributed by atoms with Crippen molar-refractivity contribution < 1.29 is 32.2 Å². The number of halogens is 1. The van der Waals surface area contributed by atoms with Crippen LogP contribution in [0.5, 0.6) is 17.2 Å². The molecular weight excluding hydrogens is 422 g/mol. The third kappa shape index (κ3) is 6.25. The Morgan fingerprint density at radius 2 is 1.69 bits per heavy atom. The van der Waals surface area contributed by atoms with Gasteiger partial charge in [-0.3, -0.25) is 0 Å². The van der Waals surface area contributed by atoms with Crippen LogP contribution in [0.4, 0.5) is 0 Å². The van der Waals surface area contributed by atoms with E-state index in [1.807, 2.05) is 6.07 Å². The summed E-state index contributed by atoms with van der Waals surface area (Å²) in [6.07, 6.45) is 0.452. The van der Waals surface area contributed by atoms with Crippen molar-refractivity contribution in [3.8, 4) is 17.2 Å². The molecule has 0 saturated heterocycles. The van der Waals surface area contributed by atoms with Gasteiger partial charge in [0.05, 0.1) is 31.2 Å². The number of ether oxygens (including phenoxy) is 4. The molecule has 10 heteroatoms. The largest absolute Gasteiger partial charge is 0.493 e. The summed E-state index contributed by atoms with van der Waals surface area (Å²) in [5.74, 6) is 0.777. The topological polar surface area (TPSA) is 100 Å². The molecule has 0 amide bonds. The first-order valence-corrected chi connectivity index (χ1v) is 10.4. The zero-order valence-corrected chi connectivity index (χ0v) is 17.8. The Labute approximate surface area is 174 Å². The Morgan fingerprint density at radius 1 is 1.00 bits per heavy atom. The van der Waals surface area contributed by atoms with Gasteiger partial charge >= 0.3 is 5.97 Å². The Balaban J connectivity index is 2.00. The van der Waals surface area contributed by atoms with Crippen LogP contribution in [-0.2, 0) is 26.0 Å². The number of sulfonamides is 1. The minimum Gasteiger partial charge on any atom is -0.493 e. The maximum Gasteiger partial charge on any atom is 0.343 e. The zero-order valence-electron chi connectivity index (χ0n) is 16.2. The maximum absolute atomic E-state index is 12.5. The number of methoxy groups -OCH3 is 3. The Hall–Kier alpha value is -2.49. The van der Waals surface area contributed by atoms with Crippen molar-refractivity contribution in [2.24, 2.45) is 0 Å². The second-order valence-electron chi connectivity index (χ2n) is 5.79. The number of carbonyl (C=O) groups excluding carboxylic acids is 1. The minimum atomic E-state index is -3.77. The van der Waals surface area contributed by atoms with Crippen molar-refractivity contribution in [3.05, 3.63) is 47.0 Å². The van der Waals surface area contributed by atoms with Crippen LogP contribution >= 0.6 is 11.6 Å². The van der Waals surface area contributed by atoms with E-state index in [1.54, 1.807) is 19.2 Å². The van der Waals surface area contributed by atoms with Crippen LogP contribution in [0.15, 0.2) is 41.3 Å². The predicted molar refractivity (Wildman–Crippen MR) is 107 cm³/mol. The van der Waals surface area contributed by atoms with E-state index >= 15 is 0 Å². The van der Waals surface area contributed by atoms with Crippen molar-refractivity contribution in [2.45, 2.75) is 11.3 Å². The fraction of sp³-hybridized carbons (Fsp3) is 0.316. The summed E-state index contributed by atoms with van der Waals surface area (Å²) in [6, 6.07) is 9.37. The predicted octanol–water partition coefficient (Wildman–Crippen LogP) is 2.43. The highest BCUT2D eigenvalue weighted by molar-refractivity contribution is 7.89. The molecule has 0 bridgehead atoms. The first-order chi connectivity index (χ1) is 13.8. The molecule has 8 nitrogen and oxygen atoms in total. The lowest BCUT2D eigenvalue weighted by atomic mass is 10.1. The fourth-order valence-electron chi connectivity index (χ4n) is 2.41. The second kappa shape index (κ2) is 10.3. The van der Waals surface area contributed by atoms with Crippen LogP contribution in [0.25, 0.3) is 0 Å². The molecule has 0 atom stereocenters. The summed E-state index contributed by atoms with van der Waals surface area (Å²) < 4.78 is 47.6. The van der Waals surface area contributed by atoms with E-state index in [2.05, 4.69) is 9.46 Å². The minimum absolute atomic E-state index is 0.0137. The lowest BCUT2D eigenvalue weighted by Gasteiger charge is -2.11. The van der Waals surface area contributed by atoms with E-state index in [4.69, 9.17) is 25.8 Å². The molecule has 1 N–H and O–H groups in total. The average Bonchev–Trinajstić information content (AvgIpc) is 2.72. The van der Waals surface area contributed by atoms with Crippen molar-refractivity contribution in [3.63, 3.8) is 0 Å². The van der Waals surface area contributed by atoms with Crippen LogP contribution in [0.3, 0.4) is 0 Å². The van der Waals surface area contributed by atoms with Crippen LogP contribution in [0.1, 0.15) is 5.56 Å². The van der Waals surface area contributed by atoms with Gasteiger partial charge in [0.1, 0.15) is 5.75 Å². The smallest absolute Gasteiger partial charge is 0.343 e. The monoisotopic (exact) mass is 443 g/mol. The van der Waals surface area contributed by atoms with Gasteiger partial charge in [0.25, 0.3) is 0 Å². The molecule has 158 valence electrons. The zero-order chi connectivity index (χ0) is 21.4. The van der Waals surface area contributed by atoms with Gasteiger partial charge in [-0.1, -0.05) is 17.7 Å². The first-order valence-electron chi connectivity index (χ1n) is 8.50. The Kier molecular flexibility index (Phi) is 8.12. The Morgan fingerprint density at radius 3 is 2.31 bits per heavy atom. The SMILES string of the molecule is COC(=O)COc1ccc(S(=O)(=O)NCCc2ccc(OC)c(OC)c2)cc1Cl. The van der Waals surface area contributed by atoms with E-state index in [0.29, 0.717) is 17.9 Å². The molecule has 0 heterocycles. The fourth-order valence-corrected chi connectivity index (χ4v) is 3.77.